The van der Waals surface area contributed by atoms with Gasteiger partial charge >= 0.3 is 0 Å². The Morgan fingerprint density at radius 3 is 1.38 bits per heavy atom. The van der Waals surface area contributed by atoms with Gasteiger partial charge in [0.1, 0.15) is 0 Å². The van der Waals surface area contributed by atoms with Crippen molar-refractivity contribution >= 4 is 11.4 Å². The highest BCUT2D eigenvalue weighted by atomic mass is 15.2. The predicted molar refractivity (Wildman–Crippen MR) is 307 cm³/mol. The van der Waals surface area contributed by atoms with Gasteiger partial charge < -0.3 is 4.90 Å². The van der Waals surface area contributed by atoms with Crippen LogP contribution in [0.1, 0.15) is 50.9 Å². The zero-order valence-electron chi connectivity index (χ0n) is 40.9. The molecule has 9 aromatic rings. The summed E-state index contributed by atoms with van der Waals surface area (Å²) in [5.74, 6) is 0.330. The van der Waals surface area contributed by atoms with Gasteiger partial charge in [-0.3, -0.25) is 0 Å². The highest BCUT2D eigenvalue weighted by Gasteiger charge is 2.56. The molecule has 0 bridgehead atoms. The third kappa shape index (κ3) is 7.56. The van der Waals surface area contributed by atoms with Gasteiger partial charge in [-0.1, -0.05) is 269 Å². The lowest BCUT2D eigenvalue weighted by molar-refractivity contribution is 0.623. The van der Waals surface area contributed by atoms with Crippen LogP contribution in [0.5, 0.6) is 0 Å². The molecule has 0 aromatic heterocycles. The van der Waals surface area contributed by atoms with Gasteiger partial charge in [0, 0.05) is 23.0 Å². The number of allylic oxidation sites excluding steroid dienone is 11. The van der Waals surface area contributed by atoms with Gasteiger partial charge in [-0.05, 0) is 126 Å². The van der Waals surface area contributed by atoms with Crippen molar-refractivity contribution in [1.82, 2.24) is 0 Å². The van der Waals surface area contributed by atoms with Crippen molar-refractivity contribution in [2.45, 2.75) is 17.3 Å². The Balaban J connectivity index is 0.926. The van der Waals surface area contributed by atoms with E-state index in [-0.39, 0.29) is 0 Å². The highest BCUT2D eigenvalue weighted by molar-refractivity contribution is 5.92. The zero-order valence-corrected chi connectivity index (χ0v) is 40.9. The molecule has 9 aromatic carbocycles. The first-order valence-corrected chi connectivity index (χ1v) is 25.3. The van der Waals surface area contributed by atoms with Crippen molar-refractivity contribution < 1.29 is 0 Å². The summed E-state index contributed by atoms with van der Waals surface area (Å²) in [5, 5.41) is 0. The summed E-state index contributed by atoms with van der Waals surface area (Å²) in [7, 11) is 0. The SMILES string of the molecule is C=C/C=C\C(=C)C(=C)/C=C\C=C/C1C=C(N(c2ccc(-c3ccccc3)cc2)c2ccc(-c3ccc4c(c3)-c3ccccc3C43c4ccccc4C(c4ccccc4)(c4ccccc4)c4ccccc43)cc2)C1. The number of nitrogens with zero attached hydrogens (tertiary/aromatic N) is 1. The van der Waals surface area contributed by atoms with Crippen LogP contribution in [0.3, 0.4) is 0 Å². The van der Waals surface area contributed by atoms with Crippen LogP contribution in [-0.4, -0.2) is 0 Å². The Hall–Kier alpha value is -9.04. The van der Waals surface area contributed by atoms with Gasteiger partial charge in [-0.25, -0.2) is 0 Å². The van der Waals surface area contributed by atoms with Crippen LogP contribution in [0, 0.1) is 5.92 Å². The van der Waals surface area contributed by atoms with Gasteiger partial charge in [-0.2, -0.15) is 0 Å². The van der Waals surface area contributed by atoms with E-state index in [0.717, 1.165) is 28.9 Å². The third-order valence-corrected chi connectivity index (χ3v) is 15.4. The summed E-state index contributed by atoms with van der Waals surface area (Å²) in [6.07, 6.45) is 17.3. The van der Waals surface area contributed by atoms with E-state index in [1.54, 1.807) is 6.08 Å². The molecule has 73 heavy (non-hydrogen) atoms. The molecule has 1 atom stereocenters. The molecular weight excluding hydrogens is 879 g/mol. The van der Waals surface area contributed by atoms with E-state index in [4.69, 9.17) is 0 Å². The summed E-state index contributed by atoms with van der Waals surface area (Å²) in [6.45, 7) is 12.0. The summed E-state index contributed by atoms with van der Waals surface area (Å²) >= 11 is 0. The van der Waals surface area contributed by atoms with Gasteiger partial charge in [0.15, 0.2) is 0 Å². The first-order valence-electron chi connectivity index (χ1n) is 25.3. The molecule has 1 spiro atoms. The molecule has 12 rings (SSSR count). The van der Waals surface area contributed by atoms with Crippen LogP contribution in [0.2, 0.25) is 0 Å². The molecule has 0 heterocycles. The highest BCUT2D eigenvalue weighted by Crippen LogP contribution is 2.64. The number of benzene rings is 9. The van der Waals surface area contributed by atoms with Crippen molar-refractivity contribution in [2.75, 3.05) is 4.90 Å². The second-order valence-electron chi connectivity index (χ2n) is 19.3. The van der Waals surface area contributed by atoms with Gasteiger partial charge in [-0.15, -0.1) is 0 Å². The minimum atomic E-state index is -0.530. The molecule has 348 valence electrons. The Morgan fingerprint density at radius 2 is 0.836 bits per heavy atom. The Labute approximate surface area is 430 Å². The molecule has 1 nitrogen and oxygen atoms in total. The van der Waals surface area contributed by atoms with Crippen LogP contribution in [-0.2, 0) is 10.8 Å². The van der Waals surface area contributed by atoms with Crippen molar-refractivity contribution in [2.24, 2.45) is 5.92 Å². The van der Waals surface area contributed by atoms with Crippen LogP contribution >= 0.6 is 0 Å². The smallest absolute Gasteiger partial charge is 0.0720 e. The monoisotopic (exact) mass is 933 g/mol. The fraction of sp³-hybridized carbons (Fsp3) is 0.0556. The van der Waals surface area contributed by atoms with Crippen molar-refractivity contribution in [3.63, 3.8) is 0 Å². The van der Waals surface area contributed by atoms with Gasteiger partial charge in [0.05, 0.1) is 10.8 Å². The minimum Gasteiger partial charge on any atom is -0.314 e. The summed E-state index contributed by atoms with van der Waals surface area (Å²) in [6, 6.07) is 85.9. The summed E-state index contributed by atoms with van der Waals surface area (Å²) in [4.78, 5) is 2.42. The van der Waals surface area contributed by atoms with Gasteiger partial charge in [0.2, 0.25) is 0 Å². The summed E-state index contributed by atoms with van der Waals surface area (Å²) in [5.41, 5.74) is 22.0. The van der Waals surface area contributed by atoms with Crippen molar-refractivity contribution in [3.05, 3.63) is 360 Å². The lowest BCUT2D eigenvalue weighted by atomic mass is 9.51. The molecule has 0 amide bonds. The minimum absolute atomic E-state index is 0.330. The molecular formula is C72H55N. The van der Waals surface area contributed by atoms with Crippen LogP contribution in [0.4, 0.5) is 11.4 Å². The van der Waals surface area contributed by atoms with E-state index in [1.165, 1.54) is 83.6 Å². The Morgan fingerprint density at radius 1 is 0.411 bits per heavy atom. The van der Waals surface area contributed by atoms with Crippen LogP contribution in [0.15, 0.2) is 316 Å². The quantitative estimate of drug-likeness (QED) is 0.104. The number of fused-ring (bicyclic) bond motifs is 9. The first kappa shape index (κ1) is 45.1. The van der Waals surface area contributed by atoms with Gasteiger partial charge in [0.25, 0.3) is 0 Å². The fourth-order valence-electron chi connectivity index (χ4n) is 12.0. The molecule has 1 heteroatoms. The van der Waals surface area contributed by atoms with Crippen molar-refractivity contribution in [1.29, 1.82) is 0 Å². The Kier molecular flexibility index (Phi) is 11.7. The average Bonchev–Trinajstić information content (AvgIpc) is 3.76. The van der Waals surface area contributed by atoms with Crippen molar-refractivity contribution in [3.8, 4) is 33.4 Å². The molecule has 3 aliphatic rings. The topological polar surface area (TPSA) is 3.24 Å². The maximum Gasteiger partial charge on any atom is 0.0720 e. The van der Waals surface area contributed by atoms with E-state index >= 15 is 0 Å². The largest absolute Gasteiger partial charge is 0.314 e. The summed E-state index contributed by atoms with van der Waals surface area (Å²) < 4.78 is 0. The van der Waals surface area contributed by atoms with Crippen LogP contribution < -0.4 is 4.90 Å². The second kappa shape index (κ2) is 18.9. The molecule has 1 unspecified atom stereocenters. The lowest BCUT2D eigenvalue weighted by Crippen LogP contribution is -2.44. The average molecular weight is 934 g/mol. The molecule has 0 saturated heterocycles. The fourth-order valence-corrected chi connectivity index (χ4v) is 12.0. The molecule has 0 radical (unpaired) electrons. The maximum absolute atomic E-state index is 4.17. The van der Waals surface area contributed by atoms with Crippen LogP contribution in [0.25, 0.3) is 33.4 Å². The predicted octanol–water partition coefficient (Wildman–Crippen LogP) is 18.1. The molecule has 0 saturated carbocycles. The van der Waals surface area contributed by atoms with E-state index in [0.29, 0.717) is 5.92 Å². The lowest BCUT2D eigenvalue weighted by Gasteiger charge is -2.50. The molecule has 0 aliphatic heterocycles. The Bertz CT molecular complexity index is 3590. The number of rotatable bonds is 13. The molecule has 0 fully saturated rings. The van der Waals surface area contributed by atoms with E-state index in [9.17, 15) is 0 Å². The molecule has 3 aliphatic carbocycles. The zero-order chi connectivity index (χ0) is 49.4. The number of hydrogen-bond donors (Lipinski definition) is 0. The normalized spacial score (nSPS) is 15.5. The first-order chi connectivity index (χ1) is 36.0. The van der Waals surface area contributed by atoms with E-state index < -0.39 is 10.8 Å². The van der Waals surface area contributed by atoms with E-state index in [1.807, 2.05) is 24.3 Å². The number of hydrogen-bond acceptors (Lipinski definition) is 1. The second-order valence-corrected chi connectivity index (χ2v) is 19.3. The molecule has 0 N–H and O–H groups in total. The maximum atomic E-state index is 4.17. The number of anilines is 2. The third-order valence-electron chi connectivity index (χ3n) is 15.4. The van der Waals surface area contributed by atoms with E-state index in [2.05, 4.69) is 273 Å². The standard InChI is InChI=1S/C72H55N/c1-4-5-23-51(2)52(3)24-15-16-25-53-48-62(49-53)73(60-43-38-55(39-44-60)54-26-9-6-10-27-54)61-45-40-56(41-46-61)57-42-47-66-64(50-57)63-32-17-18-33-65(63)72(66)69-36-21-19-34-67(69)71(58-28-11-7-12-29-58,59-30-13-8-14-31-59)68-35-20-22-37-70(68)72/h4-48,50,53H,1-3,49H2/b23-5-,24-15-,25-16-.